The quantitative estimate of drug-likeness (QED) is 0.239. The maximum atomic E-state index is 13.8. The van der Waals surface area contributed by atoms with Gasteiger partial charge in [0.2, 0.25) is 15.9 Å². The molecule has 0 fully saturated rings. The van der Waals surface area contributed by atoms with Gasteiger partial charge >= 0.3 is 0 Å². The van der Waals surface area contributed by atoms with Gasteiger partial charge in [0, 0.05) is 29.3 Å². The van der Waals surface area contributed by atoms with E-state index >= 15 is 0 Å². The van der Waals surface area contributed by atoms with E-state index in [1.165, 1.54) is 11.1 Å². The van der Waals surface area contributed by atoms with Crippen molar-refractivity contribution < 1.29 is 13.2 Å². The minimum atomic E-state index is -3.96. The maximum Gasteiger partial charge on any atom is 0.244 e. The fourth-order valence-corrected chi connectivity index (χ4v) is 11.2. The van der Waals surface area contributed by atoms with Gasteiger partial charge in [-0.3, -0.25) is 4.79 Å². The Morgan fingerprint density at radius 2 is 1.74 bits per heavy atom. The summed E-state index contributed by atoms with van der Waals surface area (Å²) in [7, 11) is 1.70. The lowest BCUT2D eigenvalue weighted by atomic mass is 9.86. The highest BCUT2D eigenvalue weighted by molar-refractivity contribution is 8.43. The lowest BCUT2D eigenvalue weighted by molar-refractivity contribution is -0.122. The fourth-order valence-electron chi connectivity index (χ4n) is 5.81. The van der Waals surface area contributed by atoms with E-state index in [1.807, 2.05) is 61.5 Å². The fraction of sp³-hybridized carbons (Fsp3) is 0.394. The zero-order valence-corrected chi connectivity index (χ0v) is 27.0. The van der Waals surface area contributed by atoms with E-state index in [-0.39, 0.29) is 34.0 Å². The van der Waals surface area contributed by atoms with E-state index in [0.29, 0.717) is 0 Å². The molecule has 0 aromatic heterocycles. The number of carbonyl (C=O) groups excluding carboxylic acids is 1. The minimum Gasteiger partial charge on any atom is -0.349 e. The highest BCUT2D eigenvalue weighted by Crippen LogP contribution is 2.48. The lowest BCUT2D eigenvalue weighted by Gasteiger charge is -2.28. The van der Waals surface area contributed by atoms with Crippen LogP contribution >= 0.6 is 20.4 Å². The van der Waals surface area contributed by atoms with Crippen molar-refractivity contribution in [3.05, 3.63) is 101 Å². The van der Waals surface area contributed by atoms with Crippen molar-refractivity contribution in [3.8, 4) is 0 Å². The van der Waals surface area contributed by atoms with Crippen LogP contribution in [-0.2, 0) is 27.8 Å². The van der Waals surface area contributed by atoms with Gasteiger partial charge in [-0.05, 0) is 94.3 Å². The van der Waals surface area contributed by atoms with E-state index in [0.717, 1.165) is 47.4 Å². The van der Waals surface area contributed by atoms with Crippen LogP contribution in [0.4, 0.5) is 0 Å². The summed E-state index contributed by atoms with van der Waals surface area (Å²) in [5, 5.41) is 6.76. The lowest BCUT2D eigenvalue weighted by Crippen LogP contribution is -2.39. The van der Waals surface area contributed by atoms with Crippen molar-refractivity contribution in [2.45, 2.75) is 88.4 Å². The summed E-state index contributed by atoms with van der Waals surface area (Å²) in [5.74, 6) is -0.535. The van der Waals surface area contributed by atoms with Gasteiger partial charge < -0.3 is 10.6 Å². The molecule has 1 aliphatic heterocycles. The largest absolute Gasteiger partial charge is 0.349 e. The molecule has 5 rings (SSSR count). The zero-order valence-electron chi connectivity index (χ0n) is 24.6. The van der Waals surface area contributed by atoms with Crippen LogP contribution in [0, 0.1) is 0 Å². The number of hydrogen-bond acceptors (Lipinski definition) is 4. The number of fused-ring (bicyclic) bond motifs is 2. The van der Waals surface area contributed by atoms with Gasteiger partial charge in [-0.2, -0.15) is 0 Å². The predicted molar refractivity (Wildman–Crippen MR) is 174 cm³/mol. The number of sulfonamides is 1. The van der Waals surface area contributed by atoms with Gasteiger partial charge in [0.25, 0.3) is 0 Å². The Morgan fingerprint density at radius 1 is 1.02 bits per heavy atom. The number of amides is 1. The first-order chi connectivity index (χ1) is 19.9. The van der Waals surface area contributed by atoms with E-state index < -0.39 is 25.8 Å². The van der Waals surface area contributed by atoms with Crippen LogP contribution in [0.2, 0.25) is 0 Å². The van der Waals surface area contributed by atoms with Gasteiger partial charge in [-0.1, -0.05) is 73.7 Å². The summed E-state index contributed by atoms with van der Waals surface area (Å²) in [4.78, 5) is 14.4. The van der Waals surface area contributed by atoms with Crippen molar-refractivity contribution in [2.24, 2.45) is 0 Å². The third-order valence-corrected chi connectivity index (χ3v) is 13.3. The normalized spacial score (nSPS) is 21.0. The number of hydrogen-bond donors (Lipinski definition) is 3. The Kier molecular flexibility index (Phi) is 9.30. The number of rotatable bonds is 8. The molecule has 0 spiro atoms. The number of carbonyl (C=O) groups is 1. The summed E-state index contributed by atoms with van der Waals surface area (Å²) >= 11 is 0. The molecule has 1 aliphatic carbocycles. The second-order valence-electron chi connectivity index (χ2n) is 12.3. The summed E-state index contributed by atoms with van der Waals surface area (Å²) in [6.07, 6.45) is 2.80. The molecule has 3 aromatic rings. The molecule has 2 aliphatic rings. The zero-order chi connectivity index (χ0) is 30.1. The Balaban J connectivity index is 1.33. The number of aryl methyl sites for hydroxylation is 1. The van der Waals surface area contributed by atoms with Crippen LogP contribution in [-0.4, -0.2) is 24.1 Å². The van der Waals surface area contributed by atoms with Gasteiger partial charge in [0.1, 0.15) is 4.20 Å². The van der Waals surface area contributed by atoms with E-state index in [2.05, 4.69) is 54.3 Å². The Hall–Kier alpha value is -2.49. The van der Waals surface area contributed by atoms with Gasteiger partial charge in [0.15, 0.2) is 0 Å². The molecule has 3 unspecified atom stereocenters. The smallest absolute Gasteiger partial charge is 0.244 e. The van der Waals surface area contributed by atoms with Crippen LogP contribution in [0.1, 0.15) is 92.8 Å². The molecule has 9 heteroatoms. The van der Waals surface area contributed by atoms with Crippen LogP contribution in [0.3, 0.4) is 0 Å². The second kappa shape index (κ2) is 12.6. The third-order valence-electron chi connectivity index (χ3n) is 7.94. The van der Waals surface area contributed by atoms with E-state index in [1.54, 1.807) is 0 Å². The number of benzene rings is 3. The molecule has 3 N–H and O–H groups in total. The summed E-state index contributed by atoms with van der Waals surface area (Å²) in [6, 6.07) is 22.5. The molecule has 0 bridgehead atoms. The molecule has 4 atom stereocenters. The van der Waals surface area contributed by atoms with Crippen LogP contribution in [0.15, 0.2) is 77.7 Å². The molecule has 1 amide bonds. The molecule has 0 saturated carbocycles. The summed E-state index contributed by atoms with van der Waals surface area (Å²) in [6.45, 7) is 9.12. The Morgan fingerprint density at radius 3 is 2.45 bits per heavy atom. The van der Waals surface area contributed by atoms with E-state index in [9.17, 15) is 13.2 Å². The monoisotopic (exact) mass is 625 g/mol. The predicted octanol–water partition coefficient (Wildman–Crippen LogP) is 6.85. The SMILES string of the molecule is CC1C(S(=O)(=O)N[C@H](CC(=O)NC2CCCc3cc(CNC(C)(C)C)ccc32)c2ccccc2)=S(Cl)c2ccccc21. The van der Waals surface area contributed by atoms with E-state index in [4.69, 9.17) is 10.7 Å². The molecule has 42 heavy (non-hydrogen) atoms. The van der Waals surface area contributed by atoms with Crippen molar-refractivity contribution in [1.82, 2.24) is 15.4 Å². The third kappa shape index (κ3) is 7.00. The molecule has 0 saturated heterocycles. The number of nitrogens with one attached hydrogen (secondary N) is 3. The Labute approximate surface area is 257 Å². The van der Waals surface area contributed by atoms with Crippen molar-refractivity contribution in [3.63, 3.8) is 0 Å². The molecule has 6 nitrogen and oxygen atoms in total. The van der Waals surface area contributed by atoms with Crippen molar-refractivity contribution >= 4 is 40.5 Å². The highest BCUT2D eigenvalue weighted by atomic mass is 35.7. The summed E-state index contributed by atoms with van der Waals surface area (Å²) in [5.41, 5.74) is 5.33. The first-order valence-corrected chi connectivity index (χ1v) is 18.1. The van der Waals surface area contributed by atoms with Crippen LogP contribution < -0.4 is 15.4 Å². The van der Waals surface area contributed by atoms with Crippen LogP contribution in [0.5, 0.6) is 0 Å². The highest BCUT2D eigenvalue weighted by Gasteiger charge is 2.37. The van der Waals surface area contributed by atoms with Gasteiger partial charge in [-0.25, -0.2) is 13.1 Å². The molecule has 0 radical (unpaired) electrons. The average Bonchev–Trinajstić information content (AvgIpc) is 3.22. The topological polar surface area (TPSA) is 87.3 Å². The molecule has 3 aromatic carbocycles. The standard InChI is InChI=1S/C33H40ClN3O3S2/c1-22-26-14-8-9-16-30(26)41(34)32(22)42(39,40)37-29(24-11-6-5-7-12-24)20-31(38)36-28-15-10-13-25-19-23(17-18-27(25)28)21-35-33(2,3)4/h5-9,11-12,14,16-19,22,28-29,35,37H,10,13,15,20-21H2,1-4H3,(H,36,38)/t22?,28?,29-,41?/m1/s1. The molecule has 224 valence electrons. The van der Waals surface area contributed by atoms with Crippen LogP contribution in [0.25, 0.3) is 0 Å². The minimum absolute atomic E-state index is 0.0205. The Bertz CT molecular complexity index is 1600. The maximum absolute atomic E-state index is 13.8. The number of halogens is 1. The average molecular weight is 626 g/mol. The summed E-state index contributed by atoms with van der Waals surface area (Å²) < 4.78 is 30.8. The molecular formula is C33H40ClN3O3S2. The first kappa shape index (κ1) is 31.0. The van der Waals surface area contributed by atoms with Gasteiger partial charge in [-0.15, -0.1) is 0 Å². The second-order valence-corrected chi connectivity index (χ2v) is 16.5. The molecular weight excluding hydrogens is 586 g/mol. The first-order valence-electron chi connectivity index (χ1n) is 14.5. The van der Waals surface area contributed by atoms with Crippen molar-refractivity contribution in [1.29, 1.82) is 0 Å². The van der Waals surface area contributed by atoms with Gasteiger partial charge in [0.05, 0.1) is 12.1 Å². The molecule has 1 heterocycles. The van der Waals surface area contributed by atoms with Crippen molar-refractivity contribution in [2.75, 3.05) is 0 Å².